The van der Waals surface area contributed by atoms with E-state index in [2.05, 4.69) is 0 Å². The van der Waals surface area contributed by atoms with E-state index in [0.29, 0.717) is 21.9 Å². The zero-order valence-corrected chi connectivity index (χ0v) is 12.9. The number of nitrogens with zero attached hydrogens (tertiary/aromatic N) is 1. The molecule has 0 aliphatic rings. The highest BCUT2D eigenvalue weighted by atomic mass is 35.5. The monoisotopic (exact) mass is 335 g/mol. The van der Waals surface area contributed by atoms with Crippen molar-refractivity contribution in [3.05, 3.63) is 62.7 Å². The van der Waals surface area contributed by atoms with Gasteiger partial charge in [-0.25, -0.2) is 0 Å². The van der Waals surface area contributed by atoms with Crippen LogP contribution in [0.15, 0.2) is 36.4 Å². The van der Waals surface area contributed by atoms with Gasteiger partial charge in [0, 0.05) is 16.7 Å². The quantitative estimate of drug-likeness (QED) is 0.493. The van der Waals surface area contributed by atoms with Crippen LogP contribution in [-0.2, 0) is 4.79 Å². The molecule has 7 nitrogen and oxygen atoms in total. The first kappa shape index (κ1) is 16.6. The molecule has 0 saturated carbocycles. The fourth-order valence-corrected chi connectivity index (χ4v) is 2.51. The Balaban J connectivity index is 2.65. The average Bonchev–Trinajstić information content (AvgIpc) is 2.48. The van der Waals surface area contributed by atoms with Gasteiger partial charge in [0.1, 0.15) is 11.4 Å². The molecule has 2 aromatic carbocycles. The van der Waals surface area contributed by atoms with Gasteiger partial charge in [0.25, 0.3) is 5.69 Å². The summed E-state index contributed by atoms with van der Waals surface area (Å²) in [4.78, 5) is 22.4. The second kappa shape index (κ2) is 6.53. The zero-order valence-electron chi connectivity index (χ0n) is 12.2. The van der Waals surface area contributed by atoms with Crippen molar-refractivity contribution in [1.82, 2.24) is 0 Å². The number of nitrogens with two attached hydrogens (primary N) is 2. The second-order valence-corrected chi connectivity index (χ2v) is 5.23. The first-order chi connectivity index (χ1) is 10.8. The Kier molecular flexibility index (Phi) is 4.71. The predicted molar refractivity (Wildman–Crippen MR) is 86.6 cm³/mol. The van der Waals surface area contributed by atoms with Crippen LogP contribution in [0, 0.1) is 10.1 Å². The Labute approximate surface area is 136 Å². The van der Waals surface area contributed by atoms with Crippen molar-refractivity contribution in [2.45, 2.75) is 5.92 Å². The lowest BCUT2D eigenvalue weighted by Crippen LogP contribution is -2.23. The number of halogens is 1. The molecule has 1 atom stereocenters. The van der Waals surface area contributed by atoms with Gasteiger partial charge in [-0.1, -0.05) is 17.7 Å². The van der Waals surface area contributed by atoms with Crippen LogP contribution in [-0.4, -0.2) is 17.9 Å². The largest absolute Gasteiger partial charge is 0.496 e. The van der Waals surface area contributed by atoms with E-state index < -0.39 is 16.7 Å². The standard InChI is InChI=1S/C15H14ClN3O4/c1-23-13-5-3-9(16)7-10(13)14(15(18)20)8-2-4-11(17)12(6-8)19(21)22/h2-7,14H,17H2,1H3,(H2,18,20). The third-order valence-electron chi connectivity index (χ3n) is 3.37. The van der Waals surface area contributed by atoms with Gasteiger partial charge in [-0.15, -0.1) is 0 Å². The van der Waals surface area contributed by atoms with Crippen molar-refractivity contribution >= 4 is 28.9 Å². The van der Waals surface area contributed by atoms with Gasteiger partial charge in [-0.2, -0.15) is 0 Å². The number of nitro groups is 1. The van der Waals surface area contributed by atoms with Crippen molar-refractivity contribution in [3.63, 3.8) is 0 Å². The molecule has 0 aromatic heterocycles. The van der Waals surface area contributed by atoms with Gasteiger partial charge >= 0.3 is 0 Å². The van der Waals surface area contributed by atoms with Gasteiger partial charge in [-0.05, 0) is 29.8 Å². The van der Waals surface area contributed by atoms with Crippen molar-refractivity contribution in [1.29, 1.82) is 0 Å². The van der Waals surface area contributed by atoms with Crippen LogP contribution in [0.25, 0.3) is 0 Å². The van der Waals surface area contributed by atoms with Gasteiger partial charge in [-0.3, -0.25) is 14.9 Å². The summed E-state index contributed by atoms with van der Waals surface area (Å²) in [5, 5.41) is 11.4. The summed E-state index contributed by atoms with van der Waals surface area (Å²) in [5.41, 5.74) is 11.5. The Morgan fingerprint density at radius 3 is 2.57 bits per heavy atom. The third kappa shape index (κ3) is 3.35. The number of anilines is 1. The molecule has 4 N–H and O–H groups in total. The van der Waals surface area contributed by atoms with Gasteiger partial charge in [0.2, 0.25) is 5.91 Å². The molecule has 0 heterocycles. The Morgan fingerprint density at radius 1 is 1.30 bits per heavy atom. The molecule has 0 aliphatic carbocycles. The van der Waals surface area contributed by atoms with Crippen LogP contribution >= 0.6 is 11.6 Å². The van der Waals surface area contributed by atoms with Crippen molar-refractivity contribution in [2.24, 2.45) is 5.73 Å². The number of methoxy groups -OCH3 is 1. The zero-order chi connectivity index (χ0) is 17.1. The topological polar surface area (TPSA) is 121 Å². The maximum atomic E-state index is 12.0. The number of rotatable bonds is 5. The summed E-state index contributed by atoms with van der Waals surface area (Å²) in [7, 11) is 1.44. The number of amides is 1. The summed E-state index contributed by atoms with van der Waals surface area (Å²) in [6.07, 6.45) is 0. The predicted octanol–water partition coefficient (Wildman–Crippen LogP) is 2.46. The molecule has 0 aliphatic heterocycles. The third-order valence-corrected chi connectivity index (χ3v) is 3.61. The average molecular weight is 336 g/mol. The Morgan fingerprint density at radius 2 is 2.00 bits per heavy atom. The van der Waals surface area contributed by atoms with Crippen LogP contribution in [0.5, 0.6) is 5.75 Å². The Hall–Kier alpha value is -2.80. The van der Waals surface area contributed by atoms with E-state index in [9.17, 15) is 14.9 Å². The molecule has 0 saturated heterocycles. The Bertz CT molecular complexity index is 779. The number of benzene rings is 2. The maximum absolute atomic E-state index is 12.0. The molecule has 23 heavy (non-hydrogen) atoms. The van der Waals surface area contributed by atoms with Crippen LogP contribution in [0.4, 0.5) is 11.4 Å². The molecule has 1 amide bonds. The van der Waals surface area contributed by atoms with Crippen LogP contribution < -0.4 is 16.2 Å². The highest BCUT2D eigenvalue weighted by Crippen LogP contribution is 2.36. The van der Waals surface area contributed by atoms with Crippen molar-refractivity contribution < 1.29 is 14.5 Å². The first-order valence-corrected chi connectivity index (χ1v) is 6.89. The highest BCUT2D eigenvalue weighted by Gasteiger charge is 2.26. The summed E-state index contributed by atoms with van der Waals surface area (Å²) >= 11 is 5.98. The number of hydrogen-bond donors (Lipinski definition) is 2. The number of carbonyl (C=O) groups excluding carboxylic acids is 1. The number of hydrogen-bond acceptors (Lipinski definition) is 5. The molecule has 8 heteroatoms. The highest BCUT2D eigenvalue weighted by molar-refractivity contribution is 6.30. The minimum Gasteiger partial charge on any atom is -0.496 e. The molecular formula is C15H14ClN3O4. The van der Waals surface area contributed by atoms with Gasteiger partial charge in [0.05, 0.1) is 18.0 Å². The molecule has 2 aromatic rings. The number of nitro benzene ring substituents is 1. The molecule has 0 fully saturated rings. The van der Waals surface area contributed by atoms with Gasteiger partial charge < -0.3 is 16.2 Å². The number of primary amides is 1. The SMILES string of the molecule is COc1ccc(Cl)cc1C(C(N)=O)c1ccc(N)c([N+](=O)[O-])c1. The fourth-order valence-electron chi connectivity index (χ4n) is 2.33. The normalized spacial score (nSPS) is 11.7. The second-order valence-electron chi connectivity index (χ2n) is 4.80. The van der Waals surface area contributed by atoms with Crippen molar-refractivity contribution in [3.8, 4) is 5.75 Å². The number of nitrogen functional groups attached to an aromatic ring is 1. The smallest absolute Gasteiger partial charge is 0.292 e. The van der Waals surface area contributed by atoms with E-state index in [1.54, 1.807) is 12.1 Å². The van der Waals surface area contributed by atoms with E-state index in [4.69, 9.17) is 27.8 Å². The summed E-state index contributed by atoms with van der Waals surface area (Å²) in [6.45, 7) is 0. The maximum Gasteiger partial charge on any atom is 0.292 e. The van der Waals surface area contributed by atoms with E-state index in [1.165, 1.54) is 31.4 Å². The first-order valence-electron chi connectivity index (χ1n) is 6.51. The van der Waals surface area contributed by atoms with Crippen LogP contribution in [0.1, 0.15) is 17.0 Å². The molecular weight excluding hydrogens is 322 g/mol. The lowest BCUT2D eigenvalue weighted by molar-refractivity contribution is -0.384. The van der Waals surface area contributed by atoms with E-state index in [-0.39, 0.29) is 11.4 Å². The molecule has 2 rings (SSSR count). The molecule has 0 bridgehead atoms. The number of carbonyl (C=O) groups is 1. The molecule has 1 unspecified atom stereocenters. The van der Waals surface area contributed by atoms with Crippen LogP contribution in [0.2, 0.25) is 5.02 Å². The summed E-state index contributed by atoms with van der Waals surface area (Å²) in [5.74, 6) is -1.25. The van der Waals surface area contributed by atoms with Crippen LogP contribution in [0.3, 0.4) is 0 Å². The molecule has 120 valence electrons. The van der Waals surface area contributed by atoms with E-state index in [1.807, 2.05) is 0 Å². The molecule has 0 spiro atoms. The minimum atomic E-state index is -0.956. The number of ether oxygens (including phenoxy) is 1. The van der Waals surface area contributed by atoms with Gasteiger partial charge in [0.15, 0.2) is 0 Å². The summed E-state index contributed by atoms with van der Waals surface area (Å²) < 4.78 is 5.23. The minimum absolute atomic E-state index is 0.0000273. The molecule has 0 radical (unpaired) electrons. The lowest BCUT2D eigenvalue weighted by Gasteiger charge is -2.18. The van der Waals surface area contributed by atoms with E-state index >= 15 is 0 Å². The van der Waals surface area contributed by atoms with Crippen molar-refractivity contribution in [2.75, 3.05) is 12.8 Å². The lowest BCUT2D eigenvalue weighted by atomic mass is 9.89. The fraction of sp³-hybridized carbons (Fsp3) is 0.133. The van der Waals surface area contributed by atoms with E-state index in [0.717, 1.165) is 0 Å². The summed E-state index contributed by atoms with van der Waals surface area (Å²) in [6, 6.07) is 8.84.